The van der Waals surface area contributed by atoms with Gasteiger partial charge in [0.1, 0.15) is 0 Å². The molecular formula is C17H18ClNOS. The molecule has 0 aliphatic carbocycles. The third kappa shape index (κ3) is 5.10. The Labute approximate surface area is 134 Å². The van der Waals surface area contributed by atoms with E-state index in [4.69, 9.17) is 11.6 Å². The van der Waals surface area contributed by atoms with Crippen LogP contribution in [0.2, 0.25) is 5.02 Å². The van der Waals surface area contributed by atoms with Crippen molar-refractivity contribution in [2.75, 3.05) is 11.1 Å². The highest BCUT2D eigenvalue weighted by molar-refractivity contribution is 7.99. The third-order valence-corrected chi connectivity index (χ3v) is 4.30. The average molecular weight is 320 g/mol. The molecular weight excluding hydrogens is 302 g/mol. The molecule has 2 aromatic carbocycles. The molecule has 0 radical (unpaired) electrons. The van der Waals surface area contributed by atoms with Crippen molar-refractivity contribution in [2.45, 2.75) is 19.1 Å². The summed E-state index contributed by atoms with van der Waals surface area (Å²) in [5.74, 6) is 1.25. The molecule has 0 saturated heterocycles. The molecule has 0 saturated carbocycles. The van der Waals surface area contributed by atoms with E-state index in [-0.39, 0.29) is 5.91 Å². The number of anilines is 1. The molecule has 4 heteroatoms. The van der Waals surface area contributed by atoms with Gasteiger partial charge in [0.2, 0.25) is 5.91 Å². The number of para-hydroxylation sites is 1. The zero-order chi connectivity index (χ0) is 15.1. The summed E-state index contributed by atoms with van der Waals surface area (Å²) in [4.78, 5) is 12.0. The fourth-order valence-electron chi connectivity index (χ4n) is 2.03. The first kappa shape index (κ1) is 15.9. The summed E-state index contributed by atoms with van der Waals surface area (Å²) < 4.78 is 0. The number of nitrogens with one attached hydrogen (secondary N) is 1. The monoisotopic (exact) mass is 319 g/mol. The molecule has 2 rings (SSSR count). The van der Waals surface area contributed by atoms with E-state index in [1.807, 2.05) is 48.5 Å². The highest BCUT2D eigenvalue weighted by Gasteiger charge is 2.06. The molecule has 110 valence electrons. The van der Waals surface area contributed by atoms with Crippen LogP contribution >= 0.6 is 23.4 Å². The summed E-state index contributed by atoms with van der Waals surface area (Å²) in [6.07, 6.45) is 0.909. The maximum atomic E-state index is 12.0. The zero-order valence-corrected chi connectivity index (χ0v) is 13.5. The molecule has 1 N–H and O–H groups in total. The topological polar surface area (TPSA) is 29.1 Å². The van der Waals surface area contributed by atoms with Crippen LogP contribution in [-0.2, 0) is 17.0 Å². The second-order valence-corrected chi connectivity index (χ2v) is 6.10. The predicted molar refractivity (Wildman–Crippen MR) is 92.1 cm³/mol. The first-order valence-electron chi connectivity index (χ1n) is 6.89. The largest absolute Gasteiger partial charge is 0.325 e. The van der Waals surface area contributed by atoms with Gasteiger partial charge in [-0.1, -0.05) is 48.9 Å². The van der Waals surface area contributed by atoms with Gasteiger partial charge in [-0.2, -0.15) is 0 Å². The number of amides is 1. The van der Waals surface area contributed by atoms with Crippen LogP contribution in [0.1, 0.15) is 18.1 Å². The summed E-state index contributed by atoms with van der Waals surface area (Å²) in [5, 5.41) is 3.70. The minimum absolute atomic E-state index is 0.0305. The van der Waals surface area contributed by atoms with Gasteiger partial charge in [-0.15, -0.1) is 11.8 Å². The Balaban J connectivity index is 1.82. The van der Waals surface area contributed by atoms with Crippen LogP contribution in [0, 0.1) is 0 Å². The van der Waals surface area contributed by atoms with Gasteiger partial charge in [-0.05, 0) is 35.7 Å². The zero-order valence-electron chi connectivity index (χ0n) is 11.9. The molecule has 0 aromatic heterocycles. The standard InChI is InChI=1S/C17H18ClNOS/c1-2-14-7-3-4-9-16(14)19-17(20)12-21-11-13-6-5-8-15(18)10-13/h3-10H,2,11-12H2,1H3,(H,19,20). The minimum atomic E-state index is 0.0305. The quantitative estimate of drug-likeness (QED) is 0.830. The second-order valence-electron chi connectivity index (χ2n) is 4.68. The van der Waals surface area contributed by atoms with Gasteiger partial charge < -0.3 is 5.32 Å². The fraction of sp³-hybridized carbons (Fsp3) is 0.235. The molecule has 0 aliphatic rings. The number of rotatable bonds is 6. The van der Waals surface area contributed by atoms with Gasteiger partial charge in [0.15, 0.2) is 0 Å². The number of aryl methyl sites for hydroxylation is 1. The highest BCUT2D eigenvalue weighted by atomic mass is 35.5. The van der Waals surface area contributed by atoms with Crippen molar-refractivity contribution in [1.82, 2.24) is 0 Å². The van der Waals surface area contributed by atoms with E-state index < -0.39 is 0 Å². The van der Waals surface area contributed by atoms with E-state index in [2.05, 4.69) is 12.2 Å². The second kappa shape index (κ2) is 8.11. The Kier molecular flexibility index (Phi) is 6.15. The molecule has 0 bridgehead atoms. The van der Waals surface area contributed by atoms with E-state index in [0.29, 0.717) is 5.75 Å². The Morgan fingerprint density at radius 2 is 2.00 bits per heavy atom. The van der Waals surface area contributed by atoms with Crippen LogP contribution in [0.5, 0.6) is 0 Å². The van der Waals surface area contributed by atoms with Gasteiger partial charge >= 0.3 is 0 Å². The SMILES string of the molecule is CCc1ccccc1NC(=O)CSCc1cccc(Cl)c1. The van der Waals surface area contributed by atoms with Crippen LogP contribution in [-0.4, -0.2) is 11.7 Å². The molecule has 0 fully saturated rings. The summed E-state index contributed by atoms with van der Waals surface area (Å²) in [6, 6.07) is 15.6. The Morgan fingerprint density at radius 3 is 2.76 bits per heavy atom. The van der Waals surface area contributed by atoms with Crippen LogP contribution < -0.4 is 5.32 Å². The molecule has 0 spiro atoms. The number of carbonyl (C=O) groups is 1. The number of halogens is 1. The lowest BCUT2D eigenvalue weighted by atomic mass is 10.1. The third-order valence-electron chi connectivity index (χ3n) is 3.06. The molecule has 1 amide bonds. The van der Waals surface area contributed by atoms with E-state index in [1.54, 1.807) is 11.8 Å². The Morgan fingerprint density at radius 1 is 1.19 bits per heavy atom. The van der Waals surface area contributed by atoms with Gasteiger partial charge in [0, 0.05) is 16.5 Å². The molecule has 21 heavy (non-hydrogen) atoms. The summed E-state index contributed by atoms with van der Waals surface area (Å²) in [5.41, 5.74) is 3.20. The lowest BCUT2D eigenvalue weighted by Crippen LogP contribution is -2.15. The lowest BCUT2D eigenvalue weighted by molar-refractivity contribution is -0.113. The molecule has 2 aromatic rings. The van der Waals surface area contributed by atoms with E-state index in [0.717, 1.165) is 34.0 Å². The first-order chi connectivity index (χ1) is 10.2. The van der Waals surface area contributed by atoms with E-state index >= 15 is 0 Å². The summed E-state index contributed by atoms with van der Waals surface area (Å²) in [6.45, 7) is 2.08. The number of thioether (sulfide) groups is 1. The molecule has 0 unspecified atom stereocenters. The van der Waals surface area contributed by atoms with Crippen LogP contribution in [0.4, 0.5) is 5.69 Å². The normalized spacial score (nSPS) is 10.4. The molecule has 0 heterocycles. The molecule has 0 atom stereocenters. The van der Waals surface area contributed by atoms with E-state index in [1.165, 1.54) is 0 Å². The van der Waals surface area contributed by atoms with Crippen LogP contribution in [0.15, 0.2) is 48.5 Å². The fourth-order valence-corrected chi connectivity index (χ4v) is 3.01. The molecule has 0 aliphatic heterocycles. The Hall–Kier alpha value is -1.45. The van der Waals surface area contributed by atoms with Gasteiger partial charge in [-0.25, -0.2) is 0 Å². The van der Waals surface area contributed by atoms with Crippen molar-refractivity contribution in [3.8, 4) is 0 Å². The van der Waals surface area contributed by atoms with E-state index in [9.17, 15) is 4.79 Å². The average Bonchev–Trinajstić information content (AvgIpc) is 2.48. The lowest BCUT2D eigenvalue weighted by Gasteiger charge is -2.09. The van der Waals surface area contributed by atoms with Gasteiger partial charge in [0.25, 0.3) is 0 Å². The van der Waals surface area contributed by atoms with Crippen molar-refractivity contribution >= 4 is 35.0 Å². The highest BCUT2D eigenvalue weighted by Crippen LogP contribution is 2.18. The van der Waals surface area contributed by atoms with Crippen LogP contribution in [0.3, 0.4) is 0 Å². The maximum absolute atomic E-state index is 12.0. The summed E-state index contributed by atoms with van der Waals surface area (Å²) in [7, 11) is 0. The van der Waals surface area contributed by atoms with Crippen LogP contribution in [0.25, 0.3) is 0 Å². The van der Waals surface area contributed by atoms with Crippen molar-refractivity contribution in [3.05, 3.63) is 64.7 Å². The first-order valence-corrected chi connectivity index (χ1v) is 8.42. The minimum Gasteiger partial charge on any atom is -0.325 e. The van der Waals surface area contributed by atoms with Gasteiger partial charge in [-0.3, -0.25) is 4.79 Å². The summed E-state index contributed by atoms with van der Waals surface area (Å²) >= 11 is 7.52. The van der Waals surface area contributed by atoms with Crippen molar-refractivity contribution in [1.29, 1.82) is 0 Å². The van der Waals surface area contributed by atoms with Gasteiger partial charge in [0.05, 0.1) is 5.75 Å². The Bertz CT molecular complexity index is 615. The van der Waals surface area contributed by atoms with Crippen molar-refractivity contribution in [3.63, 3.8) is 0 Å². The van der Waals surface area contributed by atoms with Crippen molar-refractivity contribution in [2.24, 2.45) is 0 Å². The van der Waals surface area contributed by atoms with Crippen molar-refractivity contribution < 1.29 is 4.79 Å². The molecule has 2 nitrogen and oxygen atoms in total. The smallest absolute Gasteiger partial charge is 0.234 e. The number of hydrogen-bond acceptors (Lipinski definition) is 2. The number of hydrogen-bond donors (Lipinski definition) is 1. The number of carbonyl (C=O) groups excluding carboxylic acids is 1. The predicted octanol–water partition coefficient (Wildman–Crippen LogP) is 4.77. The number of benzene rings is 2. The maximum Gasteiger partial charge on any atom is 0.234 e.